The molecule has 0 unspecified atom stereocenters. The van der Waals surface area contributed by atoms with Crippen LogP contribution in [0.2, 0.25) is 0 Å². The fourth-order valence-corrected chi connectivity index (χ4v) is 4.27. The highest BCUT2D eigenvalue weighted by molar-refractivity contribution is 6.07. The average Bonchev–Trinajstić information content (AvgIpc) is 3.22. The molecule has 1 saturated heterocycles. The number of nitrogen functional groups attached to an aromatic ring is 1. The van der Waals surface area contributed by atoms with Crippen LogP contribution in [0.25, 0.3) is 11.1 Å². The Balaban J connectivity index is 0.00000380. The first kappa shape index (κ1) is 27.4. The summed E-state index contributed by atoms with van der Waals surface area (Å²) in [6.45, 7) is 0.106. The van der Waals surface area contributed by atoms with Gasteiger partial charge in [-0.3, -0.25) is 24.7 Å². The van der Waals surface area contributed by atoms with E-state index in [4.69, 9.17) is 20.6 Å². The van der Waals surface area contributed by atoms with Crippen molar-refractivity contribution in [3.63, 3.8) is 0 Å². The molecule has 2 amide bonds. The van der Waals surface area contributed by atoms with E-state index < -0.39 is 29.7 Å². The third kappa shape index (κ3) is 6.34. The van der Waals surface area contributed by atoms with Crippen LogP contribution < -0.4 is 10.5 Å². The summed E-state index contributed by atoms with van der Waals surface area (Å²) in [5, 5.41) is 7.51. The third-order valence-corrected chi connectivity index (χ3v) is 6.21. The number of halogens is 1. The first-order valence-electron chi connectivity index (χ1n) is 11.5. The molecule has 1 aliphatic heterocycles. The number of rotatable bonds is 8. The van der Waals surface area contributed by atoms with Crippen molar-refractivity contribution >= 4 is 36.0 Å². The van der Waals surface area contributed by atoms with Crippen molar-refractivity contribution in [3.8, 4) is 16.9 Å². The minimum atomic E-state index is -0.640. The Morgan fingerprint density at radius 2 is 1.54 bits per heavy atom. The van der Waals surface area contributed by atoms with Crippen LogP contribution >= 0.6 is 12.4 Å². The summed E-state index contributed by atoms with van der Waals surface area (Å²) < 4.78 is 10.7. The van der Waals surface area contributed by atoms with Gasteiger partial charge in [0, 0.05) is 11.1 Å². The molecular formula is C28H28ClN3O5. The number of nitrogens with zero attached hydrogens (tertiary/aromatic N) is 1. The smallest absolute Gasteiger partial charge is 0.306 e. The molecule has 1 aliphatic rings. The molecule has 3 N–H and O–H groups in total. The Labute approximate surface area is 221 Å². The molecular weight excluding hydrogens is 494 g/mol. The van der Waals surface area contributed by atoms with Gasteiger partial charge in [-0.2, -0.15) is 0 Å². The summed E-state index contributed by atoms with van der Waals surface area (Å²) in [4.78, 5) is 39.3. The van der Waals surface area contributed by atoms with E-state index in [1.54, 1.807) is 42.5 Å². The highest BCUT2D eigenvalue weighted by Gasteiger charge is 2.44. The topological polar surface area (TPSA) is 123 Å². The van der Waals surface area contributed by atoms with Crippen LogP contribution in [0.5, 0.6) is 5.75 Å². The number of nitrogens with one attached hydrogen (secondary N) is 1. The molecule has 1 heterocycles. The number of hydrogen-bond donors (Lipinski definition) is 2. The predicted molar refractivity (Wildman–Crippen MR) is 142 cm³/mol. The molecule has 9 heteroatoms. The van der Waals surface area contributed by atoms with Gasteiger partial charge in [0.2, 0.25) is 5.91 Å². The lowest BCUT2D eigenvalue weighted by atomic mass is 10.0. The van der Waals surface area contributed by atoms with Gasteiger partial charge in [0.25, 0.3) is 5.91 Å². The lowest BCUT2D eigenvalue weighted by Crippen LogP contribution is -2.42. The molecule has 0 aliphatic carbocycles. The van der Waals surface area contributed by atoms with E-state index in [2.05, 4.69) is 0 Å². The zero-order chi connectivity index (χ0) is 25.7. The summed E-state index contributed by atoms with van der Waals surface area (Å²) in [6, 6.07) is 22.9. The molecule has 2 atom stereocenters. The van der Waals surface area contributed by atoms with Gasteiger partial charge in [0.15, 0.2) is 0 Å². The first-order chi connectivity index (χ1) is 17.4. The van der Waals surface area contributed by atoms with Crippen molar-refractivity contribution in [1.29, 1.82) is 5.41 Å². The van der Waals surface area contributed by atoms with Crippen molar-refractivity contribution in [2.24, 2.45) is 11.7 Å². The van der Waals surface area contributed by atoms with E-state index in [-0.39, 0.29) is 31.3 Å². The normalized spacial score (nSPS) is 16.6. The zero-order valence-electron chi connectivity index (χ0n) is 20.3. The molecule has 37 heavy (non-hydrogen) atoms. The van der Waals surface area contributed by atoms with Crippen LogP contribution in [-0.4, -0.2) is 48.3 Å². The Kier molecular flexibility index (Phi) is 9.03. The first-order valence-corrected chi connectivity index (χ1v) is 11.5. The van der Waals surface area contributed by atoms with Crippen LogP contribution in [0, 0.1) is 11.3 Å². The van der Waals surface area contributed by atoms with Gasteiger partial charge < -0.3 is 15.2 Å². The second-order valence-corrected chi connectivity index (χ2v) is 8.57. The van der Waals surface area contributed by atoms with E-state index in [9.17, 15) is 14.4 Å². The standard InChI is InChI=1S/C28H27N3O5.ClH/c1-35-25(32)16-22-15-23(31(28(22)34)27(33)21-5-3-2-4-6-21)17-36-24-13-11-19(12-14-24)18-7-9-20(10-8-18)26(29)30;/h2-14,22-23H,15-17H2,1H3,(H3,29,30);1H/t22-,23-;/m0./s1. The number of hydrogen-bond acceptors (Lipinski definition) is 6. The molecule has 192 valence electrons. The number of amidine groups is 1. The number of imide groups is 1. The molecule has 8 nitrogen and oxygen atoms in total. The number of carbonyl (C=O) groups excluding carboxylic acids is 3. The minimum Gasteiger partial charge on any atom is -0.491 e. The molecule has 3 aromatic rings. The largest absolute Gasteiger partial charge is 0.491 e. The van der Waals surface area contributed by atoms with Crippen LogP contribution in [-0.2, 0) is 14.3 Å². The number of methoxy groups -OCH3 is 1. The van der Waals surface area contributed by atoms with E-state index in [0.29, 0.717) is 23.3 Å². The number of carbonyl (C=O) groups is 3. The molecule has 0 bridgehead atoms. The van der Waals surface area contributed by atoms with Crippen molar-refractivity contribution in [2.45, 2.75) is 18.9 Å². The summed E-state index contributed by atoms with van der Waals surface area (Å²) in [6.07, 6.45) is 0.231. The molecule has 0 saturated carbocycles. The van der Waals surface area contributed by atoms with Crippen LogP contribution in [0.4, 0.5) is 0 Å². The average molecular weight is 522 g/mol. The third-order valence-electron chi connectivity index (χ3n) is 6.21. The second-order valence-electron chi connectivity index (χ2n) is 8.57. The van der Waals surface area contributed by atoms with E-state index in [1.807, 2.05) is 36.4 Å². The predicted octanol–water partition coefficient (Wildman–Crippen LogP) is 4.06. The summed E-state index contributed by atoms with van der Waals surface area (Å²) in [5.41, 5.74) is 8.51. The summed E-state index contributed by atoms with van der Waals surface area (Å²) in [5.74, 6) is -1.33. The number of benzene rings is 3. The Morgan fingerprint density at radius 1 is 0.946 bits per heavy atom. The quantitative estimate of drug-likeness (QED) is 0.199. The van der Waals surface area contributed by atoms with E-state index in [0.717, 1.165) is 11.1 Å². The Bertz CT molecular complexity index is 1260. The minimum absolute atomic E-state index is 0. The Morgan fingerprint density at radius 3 is 2.11 bits per heavy atom. The van der Waals surface area contributed by atoms with E-state index in [1.165, 1.54) is 12.0 Å². The molecule has 4 rings (SSSR count). The SMILES string of the molecule is COC(=O)C[C@@H]1C[C@@H](COc2ccc(-c3ccc(C(=N)N)cc3)cc2)N(C(=O)c2ccccc2)C1=O.Cl. The summed E-state index contributed by atoms with van der Waals surface area (Å²) >= 11 is 0. The highest BCUT2D eigenvalue weighted by Crippen LogP contribution is 2.30. The fourth-order valence-electron chi connectivity index (χ4n) is 4.27. The van der Waals surface area contributed by atoms with Gasteiger partial charge >= 0.3 is 5.97 Å². The zero-order valence-corrected chi connectivity index (χ0v) is 21.1. The lowest BCUT2D eigenvalue weighted by Gasteiger charge is -2.23. The molecule has 0 spiro atoms. The molecule has 1 fully saturated rings. The maximum atomic E-state index is 13.2. The van der Waals surface area contributed by atoms with Gasteiger partial charge in [-0.25, -0.2) is 0 Å². The Hall–Kier alpha value is -4.17. The van der Waals surface area contributed by atoms with E-state index >= 15 is 0 Å². The second kappa shape index (κ2) is 12.2. The van der Waals surface area contributed by atoms with Crippen LogP contribution in [0.15, 0.2) is 78.9 Å². The monoisotopic (exact) mass is 521 g/mol. The van der Waals surface area contributed by atoms with Crippen molar-refractivity contribution in [3.05, 3.63) is 90.0 Å². The molecule has 0 radical (unpaired) electrons. The van der Waals surface area contributed by atoms with Crippen LogP contribution in [0.1, 0.15) is 28.8 Å². The van der Waals surface area contributed by atoms with Gasteiger partial charge in [-0.1, -0.05) is 54.6 Å². The van der Waals surface area contributed by atoms with Crippen molar-refractivity contribution in [2.75, 3.05) is 13.7 Å². The van der Waals surface area contributed by atoms with Gasteiger partial charge in [0.1, 0.15) is 18.2 Å². The van der Waals surface area contributed by atoms with Gasteiger partial charge in [-0.05, 0) is 41.8 Å². The summed E-state index contributed by atoms with van der Waals surface area (Å²) in [7, 11) is 1.27. The number of nitrogens with two attached hydrogens (primary N) is 1. The maximum Gasteiger partial charge on any atom is 0.306 e. The van der Waals surface area contributed by atoms with Gasteiger partial charge in [0.05, 0.1) is 25.5 Å². The number of esters is 1. The maximum absolute atomic E-state index is 13.2. The lowest BCUT2D eigenvalue weighted by molar-refractivity contribution is -0.144. The van der Waals surface area contributed by atoms with Gasteiger partial charge in [-0.15, -0.1) is 12.4 Å². The molecule has 0 aromatic heterocycles. The highest BCUT2D eigenvalue weighted by atomic mass is 35.5. The molecule has 3 aromatic carbocycles. The van der Waals surface area contributed by atoms with Crippen molar-refractivity contribution < 1.29 is 23.9 Å². The van der Waals surface area contributed by atoms with Crippen LogP contribution in [0.3, 0.4) is 0 Å². The fraction of sp³-hybridized carbons (Fsp3) is 0.214. The number of amides is 2. The number of ether oxygens (including phenoxy) is 2. The number of likely N-dealkylation sites (tertiary alicyclic amines) is 1. The van der Waals surface area contributed by atoms with Crippen molar-refractivity contribution in [1.82, 2.24) is 4.90 Å².